The lowest BCUT2D eigenvalue weighted by molar-refractivity contribution is -0.385. The number of nitrogens with two attached hydrogens (primary N) is 1. The van der Waals surface area contributed by atoms with Crippen molar-refractivity contribution < 1.29 is 9.72 Å². The molecule has 0 bridgehead atoms. The molecule has 1 amide bonds. The summed E-state index contributed by atoms with van der Waals surface area (Å²) in [6.45, 7) is 4.17. The van der Waals surface area contributed by atoms with E-state index in [1.54, 1.807) is 13.0 Å². The molecule has 0 saturated heterocycles. The minimum Gasteiger partial charge on any atom is -0.348 e. The Bertz CT molecular complexity index is 489. The van der Waals surface area contributed by atoms with Crippen molar-refractivity contribution in [2.75, 3.05) is 6.54 Å². The highest BCUT2D eigenvalue weighted by atomic mass is 16.6. The fourth-order valence-corrected chi connectivity index (χ4v) is 1.95. The second kappa shape index (κ2) is 7.59. The average Bonchev–Trinajstić information content (AvgIpc) is 2.42. The molecule has 0 aliphatic carbocycles. The molecule has 20 heavy (non-hydrogen) atoms. The summed E-state index contributed by atoms with van der Waals surface area (Å²) in [5, 5.41) is 13.7. The number of nitrogens with one attached hydrogen (secondary N) is 1. The number of carbonyl (C=O) groups is 1. The maximum atomic E-state index is 12.2. The molecule has 6 nitrogen and oxygen atoms in total. The van der Waals surface area contributed by atoms with Gasteiger partial charge in [-0.3, -0.25) is 14.9 Å². The average molecular weight is 279 g/mol. The lowest BCUT2D eigenvalue weighted by atomic mass is 10.1. The standard InChI is InChI=1S/C14H21N3O3/c1-3-4-5-11(9-15)16-14(18)12-8-10(2)6-7-13(12)17(19)20/h6-8,11H,3-5,9,15H2,1-2H3,(H,16,18). The number of nitro benzene ring substituents is 1. The van der Waals surface area contributed by atoms with Gasteiger partial charge in [-0.2, -0.15) is 0 Å². The van der Waals surface area contributed by atoms with Gasteiger partial charge in [0.05, 0.1) is 4.92 Å². The van der Waals surface area contributed by atoms with Crippen molar-refractivity contribution in [3.05, 3.63) is 39.4 Å². The van der Waals surface area contributed by atoms with Crippen molar-refractivity contribution in [2.24, 2.45) is 5.73 Å². The molecular weight excluding hydrogens is 258 g/mol. The maximum Gasteiger partial charge on any atom is 0.282 e. The van der Waals surface area contributed by atoms with E-state index in [1.165, 1.54) is 12.1 Å². The van der Waals surface area contributed by atoms with E-state index in [4.69, 9.17) is 5.73 Å². The third kappa shape index (κ3) is 4.31. The van der Waals surface area contributed by atoms with Crippen LogP contribution < -0.4 is 11.1 Å². The highest BCUT2D eigenvalue weighted by Crippen LogP contribution is 2.20. The summed E-state index contributed by atoms with van der Waals surface area (Å²) in [4.78, 5) is 22.6. The van der Waals surface area contributed by atoms with Crippen LogP contribution in [0.5, 0.6) is 0 Å². The first-order valence-electron chi connectivity index (χ1n) is 6.75. The van der Waals surface area contributed by atoms with Gasteiger partial charge in [0.25, 0.3) is 11.6 Å². The molecule has 0 aliphatic rings. The molecule has 1 rings (SSSR count). The molecule has 0 fully saturated rings. The van der Waals surface area contributed by atoms with Gasteiger partial charge >= 0.3 is 0 Å². The van der Waals surface area contributed by atoms with Crippen molar-refractivity contribution in [3.8, 4) is 0 Å². The van der Waals surface area contributed by atoms with E-state index in [1.807, 2.05) is 0 Å². The van der Waals surface area contributed by atoms with Crippen LogP contribution in [-0.2, 0) is 0 Å². The van der Waals surface area contributed by atoms with E-state index in [0.717, 1.165) is 24.8 Å². The van der Waals surface area contributed by atoms with Gasteiger partial charge in [0, 0.05) is 18.7 Å². The fraction of sp³-hybridized carbons (Fsp3) is 0.500. The van der Waals surface area contributed by atoms with Crippen LogP contribution in [0.1, 0.15) is 42.1 Å². The number of nitrogens with zero attached hydrogens (tertiary/aromatic N) is 1. The number of rotatable bonds is 7. The Morgan fingerprint density at radius 3 is 2.75 bits per heavy atom. The maximum absolute atomic E-state index is 12.2. The van der Waals surface area contributed by atoms with Gasteiger partial charge in [-0.15, -0.1) is 0 Å². The lowest BCUT2D eigenvalue weighted by Gasteiger charge is -2.16. The number of carbonyl (C=O) groups excluding carboxylic acids is 1. The number of hydrogen-bond acceptors (Lipinski definition) is 4. The van der Waals surface area contributed by atoms with E-state index in [2.05, 4.69) is 12.2 Å². The lowest BCUT2D eigenvalue weighted by Crippen LogP contribution is -2.40. The molecule has 0 radical (unpaired) electrons. The van der Waals surface area contributed by atoms with Crippen LogP contribution in [0.15, 0.2) is 18.2 Å². The molecule has 0 saturated carbocycles. The van der Waals surface area contributed by atoms with Gasteiger partial charge in [0.1, 0.15) is 5.56 Å². The Morgan fingerprint density at radius 2 is 2.20 bits per heavy atom. The van der Waals surface area contributed by atoms with E-state index in [-0.39, 0.29) is 17.3 Å². The van der Waals surface area contributed by atoms with Gasteiger partial charge in [0.2, 0.25) is 0 Å². The molecule has 1 atom stereocenters. The Labute approximate surface area is 118 Å². The zero-order valence-corrected chi connectivity index (χ0v) is 11.9. The molecule has 0 aliphatic heterocycles. The summed E-state index contributed by atoms with van der Waals surface area (Å²) >= 11 is 0. The first-order chi connectivity index (χ1) is 9.49. The molecule has 1 unspecified atom stereocenters. The minimum absolute atomic E-state index is 0.0879. The van der Waals surface area contributed by atoms with Crippen molar-refractivity contribution in [1.29, 1.82) is 0 Å². The minimum atomic E-state index is -0.544. The number of aryl methyl sites for hydroxylation is 1. The highest BCUT2D eigenvalue weighted by molar-refractivity contribution is 5.98. The van der Waals surface area contributed by atoms with Crippen LogP contribution in [0.3, 0.4) is 0 Å². The zero-order chi connectivity index (χ0) is 15.1. The van der Waals surface area contributed by atoms with E-state index in [0.29, 0.717) is 6.54 Å². The Balaban J connectivity index is 2.90. The summed E-state index contributed by atoms with van der Waals surface area (Å²) in [6, 6.07) is 4.35. The van der Waals surface area contributed by atoms with Crippen LogP contribution >= 0.6 is 0 Å². The number of benzene rings is 1. The summed E-state index contributed by atoms with van der Waals surface area (Å²) < 4.78 is 0. The monoisotopic (exact) mass is 279 g/mol. The Hall–Kier alpha value is -1.95. The largest absolute Gasteiger partial charge is 0.348 e. The fourth-order valence-electron chi connectivity index (χ4n) is 1.95. The van der Waals surface area contributed by atoms with Crippen molar-refractivity contribution in [2.45, 2.75) is 39.2 Å². The zero-order valence-electron chi connectivity index (χ0n) is 11.9. The normalized spacial score (nSPS) is 11.9. The van der Waals surface area contributed by atoms with Gasteiger partial charge in [-0.25, -0.2) is 0 Å². The number of unbranched alkanes of at least 4 members (excludes halogenated alkanes) is 1. The van der Waals surface area contributed by atoms with E-state index < -0.39 is 10.8 Å². The Kier molecular flexibility index (Phi) is 6.11. The molecule has 1 aromatic carbocycles. The van der Waals surface area contributed by atoms with Crippen molar-refractivity contribution in [1.82, 2.24) is 5.32 Å². The van der Waals surface area contributed by atoms with Crippen LogP contribution in [0.25, 0.3) is 0 Å². The molecular formula is C14H21N3O3. The Morgan fingerprint density at radius 1 is 1.50 bits per heavy atom. The second-order valence-corrected chi connectivity index (χ2v) is 4.83. The topological polar surface area (TPSA) is 98.3 Å². The molecule has 1 aromatic rings. The van der Waals surface area contributed by atoms with Gasteiger partial charge in [-0.05, 0) is 25.0 Å². The predicted octanol–water partition coefficient (Wildman–Crippen LogP) is 2.15. The predicted molar refractivity (Wildman–Crippen MR) is 77.7 cm³/mol. The van der Waals surface area contributed by atoms with Crippen molar-refractivity contribution in [3.63, 3.8) is 0 Å². The first kappa shape index (κ1) is 16.1. The number of nitro groups is 1. The number of amides is 1. The van der Waals surface area contributed by atoms with Crippen LogP contribution in [0.2, 0.25) is 0 Å². The third-order valence-corrected chi connectivity index (χ3v) is 3.12. The molecule has 110 valence electrons. The molecule has 0 aromatic heterocycles. The summed E-state index contributed by atoms with van der Waals surface area (Å²) in [7, 11) is 0. The van der Waals surface area contributed by atoms with Crippen LogP contribution in [0, 0.1) is 17.0 Å². The highest BCUT2D eigenvalue weighted by Gasteiger charge is 2.21. The van der Waals surface area contributed by atoms with E-state index >= 15 is 0 Å². The molecule has 6 heteroatoms. The quantitative estimate of drug-likeness (QED) is 0.590. The van der Waals surface area contributed by atoms with E-state index in [9.17, 15) is 14.9 Å². The summed E-state index contributed by atoms with van der Waals surface area (Å²) in [5.41, 5.74) is 6.33. The SMILES string of the molecule is CCCCC(CN)NC(=O)c1cc(C)ccc1[N+](=O)[O-]. The molecule has 0 heterocycles. The van der Waals surface area contributed by atoms with Crippen LogP contribution in [-0.4, -0.2) is 23.4 Å². The van der Waals surface area contributed by atoms with Crippen LogP contribution in [0.4, 0.5) is 5.69 Å². The first-order valence-corrected chi connectivity index (χ1v) is 6.75. The third-order valence-electron chi connectivity index (χ3n) is 3.12. The van der Waals surface area contributed by atoms with Gasteiger partial charge in [-0.1, -0.05) is 25.8 Å². The summed E-state index contributed by atoms with van der Waals surface area (Å²) in [5.74, 6) is -0.438. The van der Waals surface area contributed by atoms with Gasteiger partial charge < -0.3 is 11.1 Å². The summed E-state index contributed by atoms with van der Waals surface area (Å²) in [6.07, 6.45) is 2.74. The molecule has 0 spiro atoms. The number of hydrogen-bond donors (Lipinski definition) is 2. The van der Waals surface area contributed by atoms with Gasteiger partial charge in [0.15, 0.2) is 0 Å². The smallest absolute Gasteiger partial charge is 0.282 e. The molecule has 3 N–H and O–H groups in total. The second-order valence-electron chi connectivity index (χ2n) is 4.83. The van der Waals surface area contributed by atoms with Crippen molar-refractivity contribution >= 4 is 11.6 Å².